The lowest BCUT2D eigenvalue weighted by Gasteiger charge is -2.14. The first-order chi connectivity index (χ1) is 12.7. The summed E-state index contributed by atoms with van der Waals surface area (Å²) in [5, 5.41) is 6.54. The summed E-state index contributed by atoms with van der Waals surface area (Å²) in [4.78, 5) is 12.2. The topological polar surface area (TPSA) is 59.6 Å². The predicted octanol–water partition coefficient (Wildman–Crippen LogP) is 3.25. The monoisotopic (exact) mass is 372 g/mol. The fourth-order valence-corrected chi connectivity index (χ4v) is 3.73. The standard InChI is InChI=1S/C20H21ClN2O3/c21-15-3-1-2-13(10-15)4-7-22-20(24)23-12-17-16-6-9-25-18(16)11-14-5-8-26-19(14)17/h1-3,10-11H,4-9,12H2,(H2,22,23,24). The van der Waals surface area contributed by atoms with Gasteiger partial charge in [-0.15, -0.1) is 0 Å². The van der Waals surface area contributed by atoms with Crippen molar-refractivity contribution in [2.45, 2.75) is 25.8 Å². The van der Waals surface area contributed by atoms with Gasteiger partial charge in [-0.1, -0.05) is 23.7 Å². The number of hydrogen-bond donors (Lipinski definition) is 2. The molecule has 2 aliphatic rings. The van der Waals surface area contributed by atoms with Crippen LogP contribution in [0.4, 0.5) is 4.79 Å². The van der Waals surface area contributed by atoms with E-state index in [0.29, 0.717) is 31.3 Å². The lowest BCUT2D eigenvalue weighted by atomic mass is 9.99. The number of benzene rings is 2. The maximum absolute atomic E-state index is 12.2. The first-order valence-electron chi connectivity index (χ1n) is 8.90. The van der Waals surface area contributed by atoms with Crippen molar-refractivity contribution >= 4 is 17.6 Å². The lowest BCUT2D eigenvalue weighted by molar-refractivity contribution is 0.240. The average Bonchev–Trinajstić information content (AvgIpc) is 3.27. The smallest absolute Gasteiger partial charge is 0.315 e. The quantitative estimate of drug-likeness (QED) is 0.847. The maximum atomic E-state index is 12.2. The molecule has 0 fully saturated rings. The van der Waals surface area contributed by atoms with E-state index in [2.05, 4.69) is 16.7 Å². The van der Waals surface area contributed by atoms with E-state index < -0.39 is 0 Å². The highest BCUT2D eigenvalue weighted by Gasteiger charge is 2.26. The summed E-state index contributed by atoms with van der Waals surface area (Å²) in [6.07, 6.45) is 2.49. The van der Waals surface area contributed by atoms with E-state index in [1.54, 1.807) is 0 Å². The summed E-state index contributed by atoms with van der Waals surface area (Å²) >= 11 is 5.97. The molecule has 0 radical (unpaired) electrons. The lowest BCUT2D eigenvalue weighted by Crippen LogP contribution is -2.36. The summed E-state index contributed by atoms with van der Waals surface area (Å²) in [6, 6.07) is 9.56. The highest BCUT2D eigenvalue weighted by Crippen LogP contribution is 2.40. The molecule has 6 heteroatoms. The molecule has 2 amide bonds. The molecule has 2 N–H and O–H groups in total. The molecule has 0 unspecified atom stereocenters. The van der Waals surface area contributed by atoms with E-state index in [0.717, 1.165) is 47.5 Å². The number of rotatable bonds is 5. The molecule has 5 nitrogen and oxygen atoms in total. The molecule has 0 saturated carbocycles. The van der Waals surface area contributed by atoms with Crippen molar-refractivity contribution in [2.24, 2.45) is 0 Å². The van der Waals surface area contributed by atoms with Crippen molar-refractivity contribution in [3.8, 4) is 11.5 Å². The molecule has 2 aromatic rings. The largest absolute Gasteiger partial charge is 0.493 e. The molecule has 2 aromatic carbocycles. The van der Waals surface area contributed by atoms with Gasteiger partial charge >= 0.3 is 6.03 Å². The normalized spacial score (nSPS) is 14.2. The number of nitrogens with one attached hydrogen (secondary N) is 2. The Morgan fingerprint density at radius 3 is 2.88 bits per heavy atom. The van der Waals surface area contributed by atoms with Crippen LogP contribution in [0, 0.1) is 0 Å². The first-order valence-corrected chi connectivity index (χ1v) is 9.28. The zero-order valence-electron chi connectivity index (χ0n) is 14.4. The van der Waals surface area contributed by atoms with Gasteiger partial charge < -0.3 is 20.1 Å². The van der Waals surface area contributed by atoms with Gasteiger partial charge in [-0.05, 0) is 30.2 Å². The number of hydrogen-bond acceptors (Lipinski definition) is 3. The number of ether oxygens (including phenoxy) is 2. The van der Waals surface area contributed by atoms with Crippen molar-refractivity contribution in [3.63, 3.8) is 0 Å². The Morgan fingerprint density at radius 1 is 1.12 bits per heavy atom. The third-order valence-electron chi connectivity index (χ3n) is 4.77. The summed E-state index contributed by atoms with van der Waals surface area (Å²) in [6.45, 7) is 2.38. The van der Waals surface area contributed by atoms with Gasteiger partial charge in [0.2, 0.25) is 0 Å². The van der Waals surface area contributed by atoms with E-state index in [9.17, 15) is 4.79 Å². The predicted molar refractivity (Wildman–Crippen MR) is 100 cm³/mol. The molecule has 136 valence electrons. The summed E-state index contributed by atoms with van der Waals surface area (Å²) in [7, 11) is 0. The Kier molecular flexibility index (Phi) is 4.89. The second kappa shape index (κ2) is 7.46. The minimum Gasteiger partial charge on any atom is -0.493 e. The van der Waals surface area contributed by atoms with E-state index in [1.165, 1.54) is 5.56 Å². The number of halogens is 1. The molecule has 0 bridgehead atoms. The van der Waals surface area contributed by atoms with Crippen molar-refractivity contribution in [1.29, 1.82) is 0 Å². The van der Waals surface area contributed by atoms with Crippen molar-refractivity contribution < 1.29 is 14.3 Å². The van der Waals surface area contributed by atoms with Crippen LogP contribution in [-0.4, -0.2) is 25.8 Å². The van der Waals surface area contributed by atoms with Gasteiger partial charge in [-0.25, -0.2) is 4.79 Å². The first kappa shape index (κ1) is 17.0. The molecular weight excluding hydrogens is 352 g/mol. The minimum absolute atomic E-state index is 0.185. The molecule has 26 heavy (non-hydrogen) atoms. The Bertz CT molecular complexity index is 806. The fourth-order valence-electron chi connectivity index (χ4n) is 3.52. The second-order valence-electron chi connectivity index (χ2n) is 6.51. The number of carbonyl (C=O) groups is 1. The molecular formula is C20H21ClN2O3. The van der Waals surface area contributed by atoms with Crippen molar-refractivity contribution in [1.82, 2.24) is 10.6 Å². The van der Waals surface area contributed by atoms with Gasteiger partial charge in [-0.3, -0.25) is 0 Å². The molecule has 0 aliphatic carbocycles. The molecule has 0 saturated heterocycles. The zero-order valence-corrected chi connectivity index (χ0v) is 15.2. The van der Waals surface area contributed by atoms with Gasteiger partial charge in [0.1, 0.15) is 11.5 Å². The van der Waals surface area contributed by atoms with Gasteiger partial charge in [0.05, 0.1) is 13.2 Å². The Labute approximate surface area is 157 Å². The van der Waals surface area contributed by atoms with Crippen LogP contribution in [0.15, 0.2) is 30.3 Å². The highest BCUT2D eigenvalue weighted by atomic mass is 35.5. The third-order valence-corrected chi connectivity index (χ3v) is 5.01. The number of urea groups is 1. The molecule has 0 aromatic heterocycles. The summed E-state index contributed by atoms with van der Waals surface area (Å²) in [5.41, 5.74) is 4.48. The average molecular weight is 373 g/mol. The number of amides is 2. The molecule has 2 aliphatic heterocycles. The van der Waals surface area contributed by atoms with Crippen LogP contribution in [0.25, 0.3) is 0 Å². The Morgan fingerprint density at radius 2 is 2.00 bits per heavy atom. The number of fused-ring (bicyclic) bond motifs is 2. The molecule has 0 atom stereocenters. The van der Waals surface area contributed by atoms with E-state index in [-0.39, 0.29) is 6.03 Å². The second-order valence-corrected chi connectivity index (χ2v) is 6.94. The van der Waals surface area contributed by atoms with E-state index in [4.69, 9.17) is 21.1 Å². The Hall–Kier alpha value is -2.40. The fraction of sp³-hybridized carbons (Fsp3) is 0.350. The van der Waals surface area contributed by atoms with Gasteiger partial charge in [0.25, 0.3) is 0 Å². The van der Waals surface area contributed by atoms with Crippen LogP contribution in [-0.2, 0) is 25.8 Å². The molecule has 2 heterocycles. The van der Waals surface area contributed by atoms with E-state index in [1.807, 2.05) is 24.3 Å². The van der Waals surface area contributed by atoms with Crippen molar-refractivity contribution in [3.05, 3.63) is 57.6 Å². The SMILES string of the molecule is O=C(NCCc1cccc(Cl)c1)NCc1c2c(cc3c1OCC3)OCC2. The summed E-state index contributed by atoms with van der Waals surface area (Å²) < 4.78 is 11.5. The van der Waals surface area contributed by atoms with Crippen LogP contribution in [0.2, 0.25) is 5.02 Å². The van der Waals surface area contributed by atoms with E-state index >= 15 is 0 Å². The molecule has 0 spiro atoms. The maximum Gasteiger partial charge on any atom is 0.315 e. The van der Waals surface area contributed by atoms with Crippen LogP contribution in [0.5, 0.6) is 11.5 Å². The molecule has 4 rings (SSSR count). The highest BCUT2D eigenvalue weighted by molar-refractivity contribution is 6.30. The summed E-state index contributed by atoms with van der Waals surface area (Å²) in [5.74, 6) is 1.86. The van der Waals surface area contributed by atoms with Crippen LogP contribution in [0.3, 0.4) is 0 Å². The van der Waals surface area contributed by atoms with Crippen molar-refractivity contribution in [2.75, 3.05) is 19.8 Å². The Balaban J connectivity index is 1.34. The van der Waals surface area contributed by atoms with Gasteiger partial charge in [-0.2, -0.15) is 0 Å². The van der Waals surface area contributed by atoms with Gasteiger partial charge in [0, 0.05) is 47.6 Å². The number of carbonyl (C=O) groups excluding carboxylic acids is 1. The van der Waals surface area contributed by atoms with Crippen LogP contribution in [0.1, 0.15) is 22.3 Å². The van der Waals surface area contributed by atoms with Crippen LogP contribution >= 0.6 is 11.6 Å². The third kappa shape index (κ3) is 3.58. The minimum atomic E-state index is -0.185. The van der Waals surface area contributed by atoms with Crippen LogP contribution < -0.4 is 20.1 Å². The van der Waals surface area contributed by atoms with Gasteiger partial charge in [0.15, 0.2) is 0 Å². The zero-order chi connectivity index (χ0) is 17.9.